The number of nitrogens with two attached hydrogens (primary N) is 1. The summed E-state index contributed by atoms with van der Waals surface area (Å²) >= 11 is 3.37. The van der Waals surface area contributed by atoms with Gasteiger partial charge in [0.2, 0.25) is 0 Å². The van der Waals surface area contributed by atoms with Crippen molar-refractivity contribution in [3.05, 3.63) is 83.1 Å². The van der Waals surface area contributed by atoms with Crippen LogP contribution in [0.25, 0.3) is 5.52 Å². The van der Waals surface area contributed by atoms with E-state index in [4.69, 9.17) is 5.73 Å². The summed E-state index contributed by atoms with van der Waals surface area (Å²) in [6.45, 7) is 10.2. The number of nitrogens with zero attached hydrogens (tertiary/aromatic N) is 1. The summed E-state index contributed by atoms with van der Waals surface area (Å²) in [5.74, 6) is -0.512. The molecule has 2 aromatic heterocycles. The number of benzene rings is 1. The van der Waals surface area contributed by atoms with E-state index in [0.717, 1.165) is 15.3 Å². The smallest absolute Gasteiger partial charge is 0.250 e. The fourth-order valence-corrected chi connectivity index (χ4v) is 3.20. The van der Waals surface area contributed by atoms with E-state index in [1.807, 2.05) is 42.6 Å². The highest BCUT2D eigenvalue weighted by Crippen LogP contribution is 2.27. The van der Waals surface area contributed by atoms with Crippen molar-refractivity contribution < 1.29 is 9.90 Å². The standard InChI is InChI=1S/C16H14BrN2O2P.C3H8.C2H4/c17-10-5-3-9(4-6-10)15(20)12-8-11(16(18)21)14-13(22)2-1-7-19(12)14;1-3-2;1-2/h1-8,15,20H,22H2,(H2,18,21);3H2,1-2H3;1-2H2. The van der Waals surface area contributed by atoms with Crippen LogP contribution >= 0.6 is 25.2 Å². The summed E-state index contributed by atoms with van der Waals surface area (Å²) in [7, 11) is 2.59. The fourth-order valence-electron chi connectivity index (χ4n) is 2.53. The molecule has 3 N–H and O–H groups in total. The Morgan fingerprint density at radius 2 is 1.81 bits per heavy atom. The van der Waals surface area contributed by atoms with Gasteiger partial charge in [-0.2, -0.15) is 0 Å². The minimum absolute atomic E-state index is 0.400. The van der Waals surface area contributed by atoms with E-state index in [9.17, 15) is 9.90 Å². The van der Waals surface area contributed by atoms with Gasteiger partial charge in [0.25, 0.3) is 5.91 Å². The molecule has 1 amide bonds. The van der Waals surface area contributed by atoms with Crippen LogP contribution in [-0.2, 0) is 0 Å². The molecule has 0 fully saturated rings. The molecule has 144 valence electrons. The van der Waals surface area contributed by atoms with Gasteiger partial charge >= 0.3 is 0 Å². The lowest BCUT2D eigenvalue weighted by Gasteiger charge is -2.12. The molecule has 0 aliphatic carbocycles. The van der Waals surface area contributed by atoms with Crippen molar-refractivity contribution in [3.8, 4) is 0 Å². The molecule has 3 rings (SSSR count). The second kappa shape index (κ2) is 11.0. The van der Waals surface area contributed by atoms with Crippen molar-refractivity contribution in [2.45, 2.75) is 26.4 Å². The van der Waals surface area contributed by atoms with E-state index >= 15 is 0 Å². The SMILES string of the molecule is C=C.CCC.NC(=O)c1cc(C(O)c2ccc(Br)cc2)n2cccc(P)c12. The van der Waals surface area contributed by atoms with E-state index in [0.29, 0.717) is 16.8 Å². The molecule has 0 saturated carbocycles. The van der Waals surface area contributed by atoms with Crippen LogP contribution in [0.3, 0.4) is 0 Å². The third kappa shape index (κ3) is 5.52. The van der Waals surface area contributed by atoms with E-state index in [1.54, 1.807) is 10.5 Å². The first kappa shape index (κ1) is 23.1. The normalized spacial score (nSPS) is 11.0. The quantitative estimate of drug-likeness (QED) is 0.453. The highest BCUT2D eigenvalue weighted by atomic mass is 79.9. The van der Waals surface area contributed by atoms with Crippen LogP contribution in [-0.4, -0.2) is 15.4 Å². The molecule has 0 aliphatic rings. The minimum Gasteiger partial charge on any atom is -0.382 e. The monoisotopic (exact) mass is 448 g/mol. The van der Waals surface area contributed by atoms with Gasteiger partial charge in [0.1, 0.15) is 6.10 Å². The number of aliphatic hydroxyl groups excluding tert-OH is 1. The second-order valence-corrected chi connectivity index (χ2v) is 7.23. The van der Waals surface area contributed by atoms with E-state index < -0.39 is 12.0 Å². The lowest BCUT2D eigenvalue weighted by molar-refractivity contribution is 0.100. The number of primary amides is 1. The van der Waals surface area contributed by atoms with Crippen LogP contribution in [0.5, 0.6) is 0 Å². The molecule has 0 aliphatic heterocycles. The molecule has 2 unspecified atom stereocenters. The minimum atomic E-state index is -0.847. The predicted molar refractivity (Wildman–Crippen MR) is 121 cm³/mol. The number of hydrogen-bond acceptors (Lipinski definition) is 2. The first-order valence-electron chi connectivity index (χ1n) is 8.53. The summed E-state index contributed by atoms with van der Waals surface area (Å²) in [6, 6.07) is 12.8. The Kier molecular flexibility index (Phi) is 9.44. The molecule has 3 aromatic rings. The highest BCUT2D eigenvalue weighted by Gasteiger charge is 2.20. The first-order valence-corrected chi connectivity index (χ1v) is 9.90. The van der Waals surface area contributed by atoms with E-state index in [1.165, 1.54) is 6.42 Å². The molecule has 1 aromatic carbocycles. The molecule has 0 radical (unpaired) electrons. The van der Waals surface area contributed by atoms with Gasteiger partial charge in [-0.25, -0.2) is 0 Å². The molecular weight excluding hydrogens is 423 g/mol. The number of fused-ring (bicyclic) bond motifs is 1. The van der Waals surface area contributed by atoms with Gasteiger partial charge in [0, 0.05) is 10.7 Å². The zero-order valence-corrected chi connectivity index (χ0v) is 18.4. The Morgan fingerprint density at radius 3 is 2.33 bits per heavy atom. The molecule has 2 atom stereocenters. The Labute approximate surface area is 171 Å². The van der Waals surface area contributed by atoms with Crippen LogP contribution in [0.4, 0.5) is 0 Å². The summed E-state index contributed by atoms with van der Waals surface area (Å²) in [4.78, 5) is 11.7. The molecule has 0 bridgehead atoms. The Bertz CT molecular complexity index is 891. The number of aliphatic hydroxyl groups is 1. The molecule has 2 heterocycles. The number of carbonyl (C=O) groups excluding carboxylic acids is 1. The van der Waals surface area contributed by atoms with Gasteiger partial charge in [-0.3, -0.25) is 4.79 Å². The maximum absolute atomic E-state index is 11.7. The maximum atomic E-state index is 11.7. The van der Waals surface area contributed by atoms with Crippen molar-refractivity contribution in [3.63, 3.8) is 0 Å². The number of rotatable bonds is 3. The largest absolute Gasteiger partial charge is 0.382 e. The first-order chi connectivity index (χ1) is 12.9. The van der Waals surface area contributed by atoms with Crippen LogP contribution in [0.1, 0.15) is 48.0 Å². The van der Waals surface area contributed by atoms with Gasteiger partial charge < -0.3 is 15.2 Å². The Hall–Kier alpha value is -1.94. The number of pyridine rings is 1. The van der Waals surface area contributed by atoms with Crippen molar-refractivity contribution >= 4 is 41.9 Å². The fraction of sp³-hybridized carbons (Fsp3) is 0.190. The number of halogens is 1. The maximum Gasteiger partial charge on any atom is 0.250 e. The van der Waals surface area contributed by atoms with Crippen LogP contribution in [0, 0.1) is 0 Å². The lowest BCUT2D eigenvalue weighted by Crippen LogP contribution is -2.12. The molecule has 4 nitrogen and oxygen atoms in total. The van der Waals surface area contributed by atoms with Crippen LogP contribution < -0.4 is 11.0 Å². The van der Waals surface area contributed by atoms with Gasteiger partial charge in [-0.15, -0.1) is 22.4 Å². The van der Waals surface area contributed by atoms with Crippen molar-refractivity contribution in [2.24, 2.45) is 5.73 Å². The van der Waals surface area contributed by atoms with Gasteiger partial charge in [-0.05, 0) is 35.1 Å². The molecule has 27 heavy (non-hydrogen) atoms. The number of aromatic nitrogens is 1. The predicted octanol–water partition coefficient (Wildman–Crippen LogP) is 4.60. The zero-order chi connectivity index (χ0) is 20.6. The van der Waals surface area contributed by atoms with E-state index in [2.05, 4.69) is 52.2 Å². The molecular formula is C21H26BrN2O2P. The third-order valence-electron chi connectivity index (χ3n) is 3.58. The number of hydrogen-bond donors (Lipinski definition) is 2. The molecule has 0 saturated heterocycles. The van der Waals surface area contributed by atoms with Gasteiger partial charge in [0.05, 0.1) is 16.8 Å². The number of amides is 1. The Balaban J connectivity index is 0.000000665. The topological polar surface area (TPSA) is 67.7 Å². The summed E-state index contributed by atoms with van der Waals surface area (Å²) < 4.78 is 2.74. The summed E-state index contributed by atoms with van der Waals surface area (Å²) in [5.41, 5.74) is 7.92. The van der Waals surface area contributed by atoms with Crippen molar-refractivity contribution in [1.29, 1.82) is 0 Å². The van der Waals surface area contributed by atoms with Gasteiger partial charge in [-0.1, -0.05) is 54.4 Å². The van der Waals surface area contributed by atoms with Crippen LogP contribution in [0.15, 0.2) is 66.3 Å². The summed E-state index contributed by atoms with van der Waals surface area (Å²) in [5, 5.41) is 11.5. The van der Waals surface area contributed by atoms with Crippen LogP contribution in [0.2, 0.25) is 0 Å². The molecule has 6 heteroatoms. The third-order valence-corrected chi connectivity index (χ3v) is 4.58. The molecule has 0 spiro atoms. The average molecular weight is 449 g/mol. The van der Waals surface area contributed by atoms with Crippen molar-refractivity contribution in [1.82, 2.24) is 4.40 Å². The summed E-state index contributed by atoms with van der Waals surface area (Å²) in [6.07, 6.45) is 2.22. The number of carbonyl (C=O) groups is 1. The highest BCUT2D eigenvalue weighted by molar-refractivity contribution is 9.10. The van der Waals surface area contributed by atoms with E-state index in [-0.39, 0.29) is 0 Å². The van der Waals surface area contributed by atoms with Crippen molar-refractivity contribution in [2.75, 3.05) is 0 Å². The lowest BCUT2D eigenvalue weighted by atomic mass is 10.1. The van der Waals surface area contributed by atoms with Gasteiger partial charge in [0.15, 0.2) is 0 Å². The average Bonchev–Trinajstić information content (AvgIpc) is 3.05. The zero-order valence-electron chi connectivity index (χ0n) is 15.7. The Morgan fingerprint density at radius 1 is 1.26 bits per heavy atom. The second-order valence-electron chi connectivity index (χ2n) is 5.69.